The summed E-state index contributed by atoms with van der Waals surface area (Å²) in [6.07, 6.45) is 4.88. The number of carbonyl (C=O) groups is 1. The number of aromatic nitrogens is 2. The lowest BCUT2D eigenvalue weighted by atomic mass is 9.77. The van der Waals surface area contributed by atoms with Crippen molar-refractivity contribution in [2.24, 2.45) is 0 Å². The minimum Gasteiger partial charge on any atom is -0.348 e. The zero-order valence-corrected chi connectivity index (χ0v) is 24.2. The molecule has 0 spiro atoms. The van der Waals surface area contributed by atoms with E-state index in [0.29, 0.717) is 17.0 Å². The maximum absolute atomic E-state index is 12.9. The number of carbonyl (C=O) groups excluding carboxylic acids is 1. The standard InChI is InChI=1S/C27H32N4O3S.C3H8.H2/c1-5-35(33,34)24-10-6-20(7-11-24)14-30-26(32)21-8-9-22-16-31(18-27(3,4)25(22)12-21)17-23-15-28-19(2)13-29-23;1-3-2;/h6-13,15H,5,14,16-18H2,1-4H3,(H,30,32);3H2,1-2H3;1H. The quantitative estimate of drug-likeness (QED) is 0.429. The molecule has 0 atom stereocenters. The first-order valence-electron chi connectivity index (χ1n) is 13.2. The van der Waals surface area contributed by atoms with E-state index in [2.05, 4.69) is 47.9 Å². The van der Waals surface area contributed by atoms with E-state index in [1.54, 1.807) is 37.4 Å². The zero-order chi connectivity index (χ0) is 27.9. The van der Waals surface area contributed by atoms with Crippen LogP contribution in [0.3, 0.4) is 0 Å². The molecular formula is C30H42N4O3S. The molecule has 206 valence electrons. The van der Waals surface area contributed by atoms with Crippen molar-refractivity contribution < 1.29 is 14.6 Å². The summed E-state index contributed by atoms with van der Waals surface area (Å²) in [6.45, 7) is 14.9. The van der Waals surface area contributed by atoms with Gasteiger partial charge in [-0.3, -0.25) is 19.7 Å². The van der Waals surface area contributed by atoms with E-state index in [0.717, 1.165) is 36.6 Å². The highest BCUT2D eigenvalue weighted by Crippen LogP contribution is 2.34. The van der Waals surface area contributed by atoms with Crippen LogP contribution in [-0.2, 0) is 34.9 Å². The average molecular weight is 539 g/mol. The van der Waals surface area contributed by atoms with Gasteiger partial charge in [-0.25, -0.2) is 8.42 Å². The molecule has 1 aliphatic rings. The molecular weight excluding hydrogens is 496 g/mol. The van der Waals surface area contributed by atoms with E-state index in [-0.39, 0.29) is 18.5 Å². The molecule has 4 rings (SSSR count). The molecule has 0 fully saturated rings. The molecule has 1 amide bonds. The van der Waals surface area contributed by atoms with E-state index in [4.69, 9.17) is 0 Å². The predicted octanol–water partition coefficient (Wildman–Crippen LogP) is 5.46. The fraction of sp³-hybridized carbons (Fsp3) is 0.433. The maximum atomic E-state index is 12.9. The van der Waals surface area contributed by atoms with Gasteiger partial charge in [-0.1, -0.05) is 59.2 Å². The Kier molecular flexibility index (Phi) is 9.79. The van der Waals surface area contributed by atoms with Gasteiger partial charge < -0.3 is 5.32 Å². The number of hydrogen-bond donors (Lipinski definition) is 1. The van der Waals surface area contributed by atoms with E-state index in [9.17, 15) is 13.2 Å². The number of sulfone groups is 1. The Morgan fingerprint density at radius 1 is 1.05 bits per heavy atom. The van der Waals surface area contributed by atoms with Gasteiger partial charge in [0, 0.05) is 51.0 Å². The Hall–Kier alpha value is -3.10. The molecule has 0 unspecified atom stereocenters. The second-order valence-electron chi connectivity index (χ2n) is 10.5. The summed E-state index contributed by atoms with van der Waals surface area (Å²) >= 11 is 0. The van der Waals surface area contributed by atoms with E-state index in [1.165, 1.54) is 17.5 Å². The van der Waals surface area contributed by atoms with Gasteiger partial charge in [0.05, 0.1) is 22.0 Å². The highest BCUT2D eigenvalue weighted by molar-refractivity contribution is 7.91. The first-order valence-corrected chi connectivity index (χ1v) is 14.9. The molecule has 3 aromatic rings. The third kappa shape index (κ3) is 7.48. The highest BCUT2D eigenvalue weighted by atomic mass is 32.2. The van der Waals surface area contributed by atoms with Gasteiger partial charge in [-0.2, -0.15) is 0 Å². The monoisotopic (exact) mass is 538 g/mol. The van der Waals surface area contributed by atoms with Crippen LogP contribution in [0.1, 0.15) is 80.9 Å². The number of fused-ring (bicyclic) bond motifs is 1. The SMILES string of the molecule is CCC.CCS(=O)(=O)c1ccc(CNC(=O)c2ccc3c(c2)C(C)(C)CN(Cc2cnc(C)cn2)C3)cc1.[HH]. The highest BCUT2D eigenvalue weighted by Gasteiger charge is 2.32. The minimum absolute atomic E-state index is 0. The Labute approximate surface area is 229 Å². The van der Waals surface area contributed by atoms with Crippen molar-refractivity contribution in [3.63, 3.8) is 0 Å². The van der Waals surface area contributed by atoms with Crippen LogP contribution in [0.15, 0.2) is 59.8 Å². The number of amides is 1. The van der Waals surface area contributed by atoms with Gasteiger partial charge in [-0.05, 0) is 47.9 Å². The first kappa shape index (κ1) is 29.5. The largest absolute Gasteiger partial charge is 0.348 e. The van der Waals surface area contributed by atoms with Crippen molar-refractivity contribution in [1.29, 1.82) is 0 Å². The summed E-state index contributed by atoms with van der Waals surface area (Å²) in [5, 5.41) is 2.95. The number of aryl methyl sites for hydroxylation is 1. The van der Waals surface area contributed by atoms with Crippen LogP contribution in [0.5, 0.6) is 0 Å². The van der Waals surface area contributed by atoms with Crippen molar-refractivity contribution in [2.45, 2.75) is 77.9 Å². The molecule has 0 saturated carbocycles. The number of nitrogens with zero attached hydrogens (tertiary/aromatic N) is 3. The number of hydrogen-bond acceptors (Lipinski definition) is 6. The van der Waals surface area contributed by atoms with Gasteiger partial charge >= 0.3 is 0 Å². The van der Waals surface area contributed by atoms with Gasteiger partial charge in [0.25, 0.3) is 5.91 Å². The molecule has 8 heteroatoms. The fourth-order valence-electron chi connectivity index (χ4n) is 4.53. The smallest absolute Gasteiger partial charge is 0.251 e. The van der Waals surface area contributed by atoms with Crippen LogP contribution in [-0.4, -0.2) is 41.5 Å². The number of rotatable bonds is 7. The third-order valence-electron chi connectivity index (χ3n) is 6.45. The van der Waals surface area contributed by atoms with Crippen LogP contribution < -0.4 is 5.32 Å². The van der Waals surface area contributed by atoms with Gasteiger partial charge in [0.15, 0.2) is 9.84 Å². The summed E-state index contributed by atoms with van der Waals surface area (Å²) in [5.74, 6) is -0.0820. The molecule has 1 aromatic heterocycles. The number of nitrogens with one attached hydrogen (secondary N) is 1. The summed E-state index contributed by atoms with van der Waals surface area (Å²) in [6, 6.07) is 12.6. The van der Waals surface area contributed by atoms with E-state index >= 15 is 0 Å². The van der Waals surface area contributed by atoms with E-state index < -0.39 is 9.84 Å². The summed E-state index contributed by atoms with van der Waals surface area (Å²) < 4.78 is 24.0. The molecule has 0 radical (unpaired) electrons. The van der Waals surface area contributed by atoms with Crippen LogP contribution in [0.4, 0.5) is 0 Å². The zero-order valence-electron chi connectivity index (χ0n) is 23.4. The Bertz CT molecular complexity index is 1340. The van der Waals surface area contributed by atoms with Crippen molar-refractivity contribution in [3.8, 4) is 0 Å². The predicted molar refractivity (Wildman–Crippen MR) is 154 cm³/mol. The van der Waals surface area contributed by atoms with Gasteiger partial charge in [-0.15, -0.1) is 0 Å². The van der Waals surface area contributed by atoms with Gasteiger partial charge in [0.2, 0.25) is 0 Å². The second-order valence-corrected chi connectivity index (χ2v) is 12.8. The lowest BCUT2D eigenvalue weighted by molar-refractivity contribution is 0.0950. The normalized spacial score (nSPS) is 14.7. The average Bonchev–Trinajstić information content (AvgIpc) is 2.89. The van der Waals surface area contributed by atoms with Crippen LogP contribution in [0.25, 0.3) is 0 Å². The van der Waals surface area contributed by atoms with Crippen LogP contribution in [0, 0.1) is 6.92 Å². The van der Waals surface area contributed by atoms with Crippen molar-refractivity contribution in [3.05, 3.63) is 88.5 Å². The van der Waals surface area contributed by atoms with Gasteiger partial charge in [0.1, 0.15) is 0 Å². The summed E-state index contributed by atoms with van der Waals surface area (Å²) in [7, 11) is -3.23. The van der Waals surface area contributed by atoms with E-state index in [1.807, 2.05) is 31.3 Å². The molecule has 7 nitrogen and oxygen atoms in total. The Morgan fingerprint density at radius 3 is 2.34 bits per heavy atom. The third-order valence-corrected chi connectivity index (χ3v) is 8.20. The lowest BCUT2D eigenvalue weighted by Crippen LogP contribution is -2.42. The Balaban J connectivity index is 0.00000127. The molecule has 0 aliphatic carbocycles. The molecule has 2 aromatic carbocycles. The lowest BCUT2D eigenvalue weighted by Gasteiger charge is -2.40. The summed E-state index contributed by atoms with van der Waals surface area (Å²) in [4.78, 5) is 24.4. The van der Waals surface area contributed by atoms with Crippen LogP contribution >= 0.6 is 0 Å². The molecule has 0 saturated heterocycles. The molecule has 0 bridgehead atoms. The van der Waals surface area contributed by atoms with Crippen molar-refractivity contribution >= 4 is 15.7 Å². The van der Waals surface area contributed by atoms with Crippen LogP contribution in [0.2, 0.25) is 0 Å². The Morgan fingerprint density at radius 2 is 1.74 bits per heavy atom. The van der Waals surface area contributed by atoms with Crippen molar-refractivity contribution in [2.75, 3.05) is 12.3 Å². The second kappa shape index (κ2) is 12.6. The first-order chi connectivity index (χ1) is 18.0. The topological polar surface area (TPSA) is 92.3 Å². The molecule has 38 heavy (non-hydrogen) atoms. The summed E-state index contributed by atoms with van der Waals surface area (Å²) in [5.41, 5.74) is 5.61. The minimum atomic E-state index is -3.23. The molecule has 1 N–H and O–H groups in total. The maximum Gasteiger partial charge on any atom is 0.251 e. The molecule has 2 heterocycles. The number of benzene rings is 2. The van der Waals surface area contributed by atoms with Crippen molar-refractivity contribution in [1.82, 2.24) is 20.2 Å². The fourth-order valence-corrected chi connectivity index (χ4v) is 5.42. The molecule has 1 aliphatic heterocycles.